The molecule has 0 fully saturated rings. The van der Waals surface area contributed by atoms with Crippen molar-refractivity contribution < 1.29 is 9.53 Å². The summed E-state index contributed by atoms with van der Waals surface area (Å²) in [7, 11) is 1.65. The van der Waals surface area contributed by atoms with Crippen molar-refractivity contribution >= 4 is 39.2 Å². The Morgan fingerprint density at radius 1 is 1.62 bits per heavy atom. The second kappa shape index (κ2) is 7.60. The predicted molar refractivity (Wildman–Crippen MR) is 70.6 cm³/mol. The standard InChI is InChI=1S/C11H14BrNO2S/c1-15-8-2-7-13-11(14)6-4-9-3-5-10(12)16-9/h3-6H,2,7-8H2,1H3,(H,13,14)/b6-4+. The average Bonchev–Trinajstić information content (AvgIpc) is 2.68. The first-order chi connectivity index (χ1) is 7.72. The minimum absolute atomic E-state index is 0.0689. The maximum atomic E-state index is 11.3. The summed E-state index contributed by atoms with van der Waals surface area (Å²) in [5, 5.41) is 2.78. The van der Waals surface area contributed by atoms with Gasteiger partial charge < -0.3 is 10.1 Å². The number of carbonyl (C=O) groups is 1. The number of carbonyl (C=O) groups excluding carboxylic acids is 1. The van der Waals surface area contributed by atoms with E-state index in [1.165, 1.54) is 0 Å². The van der Waals surface area contributed by atoms with Gasteiger partial charge in [-0.1, -0.05) is 0 Å². The van der Waals surface area contributed by atoms with E-state index in [0.717, 1.165) is 15.1 Å². The Kier molecular flexibility index (Phi) is 6.37. The minimum Gasteiger partial charge on any atom is -0.385 e. The van der Waals surface area contributed by atoms with Gasteiger partial charge in [0.05, 0.1) is 3.79 Å². The SMILES string of the molecule is COCCCNC(=O)/C=C/c1ccc(Br)s1. The lowest BCUT2D eigenvalue weighted by molar-refractivity contribution is -0.116. The number of nitrogens with one attached hydrogen (secondary N) is 1. The van der Waals surface area contributed by atoms with E-state index in [1.807, 2.05) is 12.1 Å². The van der Waals surface area contributed by atoms with Crippen molar-refractivity contribution in [3.63, 3.8) is 0 Å². The number of thiophene rings is 1. The Balaban J connectivity index is 2.26. The third kappa shape index (κ3) is 5.44. The van der Waals surface area contributed by atoms with Crippen LogP contribution in [0.4, 0.5) is 0 Å². The summed E-state index contributed by atoms with van der Waals surface area (Å²) in [6, 6.07) is 3.92. The number of rotatable bonds is 6. The smallest absolute Gasteiger partial charge is 0.244 e. The fourth-order valence-corrected chi connectivity index (χ4v) is 2.39. The monoisotopic (exact) mass is 303 g/mol. The van der Waals surface area contributed by atoms with Crippen molar-refractivity contribution in [3.05, 3.63) is 26.9 Å². The molecule has 1 aromatic rings. The molecule has 1 rings (SSSR count). The molecule has 0 saturated heterocycles. The van der Waals surface area contributed by atoms with Gasteiger partial charge >= 0.3 is 0 Å². The number of methoxy groups -OCH3 is 1. The molecule has 0 aliphatic carbocycles. The molecule has 5 heteroatoms. The Morgan fingerprint density at radius 2 is 2.44 bits per heavy atom. The van der Waals surface area contributed by atoms with Crippen molar-refractivity contribution in [2.75, 3.05) is 20.3 Å². The zero-order chi connectivity index (χ0) is 11.8. The van der Waals surface area contributed by atoms with Crippen LogP contribution in [-0.4, -0.2) is 26.2 Å². The molecule has 0 atom stereocenters. The maximum absolute atomic E-state index is 11.3. The molecule has 0 unspecified atom stereocenters. The molecule has 0 bridgehead atoms. The second-order valence-corrected chi connectivity index (χ2v) is 5.61. The van der Waals surface area contributed by atoms with Crippen molar-refractivity contribution in [3.8, 4) is 0 Å². The Morgan fingerprint density at radius 3 is 3.06 bits per heavy atom. The van der Waals surface area contributed by atoms with Gasteiger partial charge in [-0.15, -0.1) is 11.3 Å². The summed E-state index contributed by atoms with van der Waals surface area (Å²) in [6.45, 7) is 1.31. The number of ether oxygens (including phenoxy) is 1. The van der Waals surface area contributed by atoms with Gasteiger partial charge in [0.2, 0.25) is 5.91 Å². The molecule has 1 heterocycles. The minimum atomic E-state index is -0.0689. The molecule has 0 spiro atoms. The third-order valence-corrected chi connectivity index (χ3v) is 3.41. The molecule has 0 radical (unpaired) electrons. The molecular weight excluding hydrogens is 290 g/mol. The molecule has 88 valence electrons. The summed E-state index contributed by atoms with van der Waals surface area (Å²) in [5.74, 6) is -0.0689. The van der Waals surface area contributed by atoms with Gasteiger partial charge in [0, 0.05) is 31.2 Å². The molecule has 0 aromatic carbocycles. The lowest BCUT2D eigenvalue weighted by Gasteiger charge is -2.00. The maximum Gasteiger partial charge on any atom is 0.244 e. The van der Waals surface area contributed by atoms with E-state index in [-0.39, 0.29) is 5.91 Å². The molecule has 1 amide bonds. The van der Waals surface area contributed by atoms with Gasteiger partial charge in [-0.05, 0) is 40.6 Å². The lowest BCUT2D eigenvalue weighted by atomic mass is 10.4. The van der Waals surface area contributed by atoms with Crippen LogP contribution in [0, 0.1) is 0 Å². The summed E-state index contributed by atoms with van der Waals surface area (Å²) in [6.07, 6.45) is 4.19. The van der Waals surface area contributed by atoms with Gasteiger partial charge in [0.25, 0.3) is 0 Å². The van der Waals surface area contributed by atoms with E-state index < -0.39 is 0 Å². The highest BCUT2D eigenvalue weighted by molar-refractivity contribution is 9.11. The fraction of sp³-hybridized carbons (Fsp3) is 0.364. The van der Waals surface area contributed by atoms with Crippen LogP contribution in [0.1, 0.15) is 11.3 Å². The van der Waals surface area contributed by atoms with Gasteiger partial charge in [-0.25, -0.2) is 0 Å². The van der Waals surface area contributed by atoms with Crippen molar-refractivity contribution in [1.82, 2.24) is 5.32 Å². The third-order valence-electron chi connectivity index (χ3n) is 1.82. The zero-order valence-corrected chi connectivity index (χ0v) is 11.4. The van der Waals surface area contributed by atoms with Gasteiger partial charge in [0.15, 0.2) is 0 Å². The van der Waals surface area contributed by atoms with Crippen LogP contribution in [0.5, 0.6) is 0 Å². The first kappa shape index (κ1) is 13.4. The summed E-state index contributed by atoms with van der Waals surface area (Å²) < 4.78 is 5.95. The lowest BCUT2D eigenvalue weighted by Crippen LogP contribution is -2.22. The van der Waals surface area contributed by atoms with Crippen LogP contribution in [-0.2, 0) is 9.53 Å². The molecule has 16 heavy (non-hydrogen) atoms. The highest BCUT2D eigenvalue weighted by Gasteiger charge is 1.96. The van der Waals surface area contributed by atoms with Crippen LogP contribution >= 0.6 is 27.3 Å². The highest BCUT2D eigenvalue weighted by Crippen LogP contribution is 2.22. The van der Waals surface area contributed by atoms with Crippen LogP contribution in [0.15, 0.2) is 22.0 Å². The molecule has 0 aliphatic rings. The second-order valence-electron chi connectivity index (χ2n) is 3.11. The van der Waals surface area contributed by atoms with Crippen molar-refractivity contribution in [1.29, 1.82) is 0 Å². The van der Waals surface area contributed by atoms with E-state index in [1.54, 1.807) is 30.6 Å². The quantitative estimate of drug-likeness (QED) is 0.648. The Labute approximate surface area is 108 Å². The number of hydrogen-bond acceptors (Lipinski definition) is 3. The largest absolute Gasteiger partial charge is 0.385 e. The van der Waals surface area contributed by atoms with E-state index in [4.69, 9.17) is 4.74 Å². The molecule has 1 aromatic heterocycles. The topological polar surface area (TPSA) is 38.3 Å². The van der Waals surface area contributed by atoms with Crippen molar-refractivity contribution in [2.45, 2.75) is 6.42 Å². The van der Waals surface area contributed by atoms with E-state index >= 15 is 0 Å². The first-order valence-electron chi connectivity index (χ1n) is 4.92. The number of halogens is 1. The van der Waals surface area contributed by atoms with Crippen LogP contribution in [0.2, 0.25) is 0 Å². The fourth-order valence-electron chi connectivity index (χ4n) is 1.06. The highest BCUT2D eigenvalue weighted by atomic mass is 79.9. The van der Waals surface area contributed by atoms with Gasteiger partial charge in [-0.3, -0.25) is 4.79 Å². The van der Waals surface area contributed by atoms with Gasteiger partial charge in [-0.2, -0.15) is 0 Å². The zero-order valence-electron chi connectivity index (χ0n) is 9.03. The van der Waals surface area contributed by atoms with Crippen LogP contribution in [0.25, 0.3) is 6.08 Å². The molecule has 3 nitrogen and oxygen atoms in total. The predicted octanol–water partition coefficient (Wildman–Crippen LogP) is 2.68. The van der Waals surface area contributed by atoms with Crippen LogP contribution < -0.4 is 5.32 Å². The Hall–Kier alpha value is -0.650. The molecule has 1 N–H and O–H groups in total. The molecular formula is C11H14BrNO2S. The number of amides is 1. The summed E-state index contributed by atoms with van der Waals surface area (Å²) >= 11 is 4.96. The molecule has 0 saturated carbocycles. The van der Waals surface area contributed by atoms with Crippen molar-refractivity contribution in [2.24, 2.45) is 0 Å². The first-order valence-corrected chi connectivity index (χ1v) is 6.53. The van der Waals surface area contributed by atoms with E-state index in [9.17, 15) is 4.79 Å². The number of hydrogen-bond donors (Lipinski definition) is 1. The van der Waals surface area contributed by atoms with Gasteiger partial charge in [0.1, 0.15) is 0 Å². The average molecular weight is 304 g/mol. The molecule has 0 aliphatic heterocycles. The summed E-state index contributed by atoms with van der Waals surface area (Å²) in [4.78, 5) is 12.4. The normalized spacial score (nSPS) is 10.9. The summed E-state index contributed by atoms with van der Waals surface area (Å²) in [5.41, 5.74) is 0. The van der Waals surface area contributed by atoms with Crippen LogP contribution in [0.3, 0.4) is 0 Å². The van der Waals surface area contributed by atoms with E-state index in [2.05, 4.69) is 21.2 Å². The van der Waals surface area contributed by atoms with E-state index in [0.29, 0.717) is 13.2 Å². The Bertz CT molecular complexity index is 363.